The summed E-state index contributed by atoms with van der Waals surface area (Å²) in [4.78, 5) is 22.0. The van der Waals surface area contributed by atoms with Crippen molar-refractivity contribution in [3.63, 3.8) is 0 Å². The van der Waals surface area contributed by atoms with Crippen molar-refractivity contribution in [1.82, 2.24) is 25.5 Å². The molecule has 4 N–H and O–H groups in total. The highest BCUT2D eigenvalue weighted by molar-refractivity contribution is 5.68. The van der Waals surface area contributed by atoms with E-state index >= 15 is 0 Å². The van der Waals surface area contributed by atoms with Crippen molar-refractivity contribution in [1.29, 1.82) is 0 Å². The Morgan fingerprint density at radius 3 is 2.79 bits per heavy atom. The van der Waals surface area contributed by atoms with Gasteiger partial charge >= 0.3 is 12.3 Å². The number of alkyl carbamates (subject to hydrolysis) is 1. The van der Waals surface area contributed by atoms with Gasteiger partial charge in [0.05, 0.1) is 12.1 Å². The minimum Gasteiger partial charge on any atom is -0.437 e. The van der Waals surface area contributed by atoms with Gasteiger partial charge in [0.15, 0.2) is 11.9 Å². The number of carbonyl (C=O) groups is 1. The van der Waals surface area contributed by atoms with Crippen LogP contribution in [0.4, 0.5) is 35.5 Å². The van der Waals surface area contributed by atoms with Gasteiger partial charge in [-0.3, -0.25) is 5.10 Å². The van der Waals surface area contributed by atoms with Gasteiger partial charge in [-0.05, 0) is 13.8 Å². The molecule has 0 unspecified atom stereocenters. The van der Waals surface area contributed by atoms with Gasteiger partial charge in [-0.15, -0.1) is 0 Å². The number of nitrogens with zero attached hydrogens (tertiary/aromatic N) is 4. The third-order valence-electron chi connectivity index (χ3n) is 4.22. The standard InChI is InChI=1S/C16H20F3N7O3/c1-8-5-13(23-12-3-4-20-25-12)24-14(21-8)26-6-10(11(27)7-26)22-15(28)29-9(2)16(17,18)19/h3-5,9-11,27H,6-7H2,1-2H3,(H,22,28)(H2,20,21,23,24,25)/t9-,10+,11+/m0/s1. The second kappa shape index (κ2) is 8.11. The Labute approximate surface area is 163 Å². The Balaban J connectivity index is 1.64. The zero-order chi connectivity index (χ0) is 21.2. The van der Waals surface area contributed by atoms with Gasteiger partial charge in [0.25, 0.3) is 0 Å². The number of H-pyrrole nitrogens is 1. The number of nitrogens with one attached hydrogen (secondary N) is 3. The number of aliphatic hydroxyl groups is 1. The summed E-state index contributed by atoms with van der Waals surface area (Å²) in [6, 6.07) is 2.58. The maximum absolute atomic E-state index is 12.5. The zero-order valence-corrected chi connectivity index (χ0v) is 15.6. The number of aryl methyl sites for hydroxylation is 1. The fraction of sp³-hybridized carbons (Fsp3) is 0.500. The number of β-amino-alcohol motifs (C(OH)–C–C–N with tert-alkyl or cyclic N) is 1. The van der Waals surface area contributed by atoms with Gasteiger partial charge in [-0.2, -0.15) is 23.3 Å². The van der Waals surface area contributed by atoms with Crippen molar-refractivity contribution in [2.24, 2.45) is 0 Å². The molecule has 1 aliphatic heterocycles. The Kier molecular flexibility index (Phi) is 5.77. The third kappa shape index (κ3) is 5.25. The van der Waals surface area contributed by atoms with Crippen LogP contribution >= 0.6 is 0 Å². The third-order valence-corrected chi connectivity index (χ3v) is 4.22. The van der Waals surface area contributed by atoms with Crippen LogP contribution in [0.2, 0.25) is 0 Å². The summed E-state index contributed by atoms with van der Waals surface area (Å²) in [7, 11) is 0. The maximum Gasteiger partial charge on any atom is 0.425 e. The second-order valence-corrected chi connectivity index (χ2v) is 6.59. The first-order valence-electron chi connectivity index (χ1n) is 8.71. The van der Waals surface area contributed by atoms with E-state index in [9.17, 15) is 23.1 Å². The fourth-order valence-corrected chi connectivity index (χ4v) is 2.72. The molecule has 0 aliphatic carbocycles. The van der Waals surface area contributed by atoms with Crippen LogP contribution in [0.5, 0.6) is 0 Å². The van der Waals surface area contributed by atoms with Gasteiger partial charge in [-0.1, -0.05) is 0 Å². The Morgan fingerprint density at radius 2 is 2.14 bits per heavy atom. The summed E-state index contributed by atoms with van der Waals surface area (Å²) in [5, 5.41) is 22.1. The molecular weight excluding hydrogens is 395 g/mol. The van der Waals surface area contributed by atoms with Crippen LogP contribution in [0, 0.1) is 6.92 Å². The summed E-state index contributed by atoms with van der Waals surface area (Å²) in [6.45, 7) is 2.68. The van der Waals surface area contributed by atoms with E-state index in [0.29, 0.717) is 23.3 Å². The van der Waals surface area contributed by atoms with E-state index in [-0.39, 0.29) is 13.1 Å². The molecule has 1 amide bonds. The lowest BCUT2D eigenvalue weighted by Crippen LogP contribution is -2.45. The highest BCUT2D eigenvalue weighted by Gasteiger charge is 2.40. The molecule has 158 valence electrons. The van der Waals surface area contributed by atoms with Crippen molar-refractivity contribution in [2.45, 2.75) is 38.3 Å². The molecule has 1 fully saturated rings. The normalized spacial score (nSPS) is 20.4. The fourth-order valence-electron chi connectivity index (χ4n) is 2.72. The number of halogens is 3. The molecule has 0 saturated carbocycles. The van der Waals surface area contributed by atoms with Crippen LogP contribution in [-0.4, -0.2) is 68.9 Å². The number of carbonyl (C=O) groups excluding carboxylic acids is 1. The quantitative estimate of drug-likeness (QED) is 0.578. The highest BCUT2D eigenvalue weighted by Crippen LogP contribution is 2.23. The summed E-state index contributed by atoms with van der Waals surface area (Å²) < 4.78 is 41.8. The first-order chi connectivity index (χ1) is 13.6. The monoisotopic (exact) mass is 415 g/mol. The number of aliphatic hydroxyl groups excluding tert-OH is 1. The molecular formula is C16H20F3N7O3. The molecule has 13 heteroatoms. The highest BCUT2D eigenvalue weighted by atomic mass is 19.4. The van der Waals surface area contributed by atoms with Crippen LogP contribution in [0.25, 0.3) is 0 Å². The van der Waals surface area contributed by atoms with Crippen molar-refractivity contribution < 1.29 is 27.8 Å². The van der Waals surface area contributed by atoms with Crippen molar-refractivity contribution in [3.05, 3.63) is 24.0 Å². The molecule has 2 aromatic rings. The number of amides is 1. The molecule has 0 radical (unpaired) electrons. The maximum atomic E-state index is 12.5. The number of aromatic amines is 1. The molecule has 0 spiro atoms. The zero-order valence-electron chi connectivity index (χ0n) is 15.6. The van der Waals surface area contributed by atoms with Gasteiger partial charge in [0.2, 0.25) is 5.95 Å². The van der Waals surface area contributed by atoms with Crippen LogP contribution in [0.15, 0.2) is 18.3 Å². The number of anilines is 3. The molecule has 3 heterocycles. The lowest BCUT2D eigenvalue weighted by molar-refractivity contribution is -0.197. The Bertz CT molecular complexity index is 847. The molecule has 3 rings (SSSR count). The SMILES string of the molecule is Cc1cc(Nc2cc[nH]n2)nc(N2C[C@@H](O)[C@H](NC(=O)O[C@@H](C)C(F)(F)F)C2)n1. The van der Waals surface area contributed by atoms with Gasteiger partial charge < -0.3 is 25.4 Å². The number of hydrogen-bond acceptors (Lipinski definition) is 8. The molecule has 0 bridgehead atoms. The van der Waals surface area contributed by atoms with Crippen LogP contribution in [0.3, 0.4) is 0 Å². The number of aromatic nitrogens is 4. The summed E-state index contributed by atoms with van der Waals surface area (Å²) >= 11 is 0. The van der Waals surface area contributed by atoms with Crippen molar-refractivity contribution >= 4 is 23.7 Å². The van der Waals surface area contributed by atoms with E-state index in [1.165, 1.54) is 0 Å². The minimum atomic E-state index is -4.66. The smallest absolute Gasteiger partial charge is 0.425 e. The van der Waals surface area contributed by atoms with E-state index in [4.69, 9.17) is 0 Å². The van der Waals surface area contributed by atoms with Crippen molar-refractivity contribution in [2.75, 3.05) is 23.3 Å². The van der Waals surface area contributed by atoms with Gasteiger partial charge in [-0.25, -0.2) is 9.78 Å². The number of ether oxygens (including phenoxy) is 1. The van der Waals surface area contributed by atoms with Crippen molar-refractivity contribution in [3.8, 4) is 0 Å². The molecule has 29 heavy (non-hydrogen) atoms. The first-order valence-corrected chi connectivity index (χ1v) is 8.71. The molecule has 1 saturated heterocycles. The predicted octanol–water partition coefficient (Wildman–Crippen LogP) is 1.48. The topological polar surface area (TPSA) is 128 Å². The van der Waals surface area contributed by atoms with E-state index in [1.807, 2.05) is 0 Å². The molecule has 2 aromatic heterocycles. The Morgan fingerprint density at radius 1 is 1.38 bits per heavy atom. The number of hydrogen-bond donors (Lipinski definition) is 4. The molecule has 10 nitrogen and oxygen atoms in total. The van der Waals surface area contributed by atoms with Crippen LogP contribution < -0.4 is 15.5 Å². The van der Waals surface area contributed by atoms with Crippen LogP contribution in [-0.2, 0) is 4.74 Å². The lowest BCUT2D eigenvalue weighted by atomic mass is 10.2. The molecule has 3 atom stereocenters. The largest absolute Gasteiger partial charge is 0.437 e. The number of alkyl halides is 3. The van der Waals surface area contributed by atoms with E-state index < -0.39 is 30.5 Å². The van der Waals surface area contributed by atoms with E-state index in [1.54, 1.807) is 30.2 Å². The predicted molar refractivity (Wildman–Crippen MR) is 95.8 cm³/mol. The average Bonchev–Trinajstić information content (AvgIpc) is 3.24. The number of rotatable bonds is 5. The summed E-state index contributed by atoms with van der Waals surface area (Å²) in [5.41, 5.74) is 0.650. The average molecular weight is 415 g/mol. The summed E-state index contributed by atoms with van der Waals surface area (Å²) in [5.74, 6) is 1.32. The van der Waals surface area contributed by atoms with E-state index in [0.717, 1.165) is 6.92 Å². The molecule has 1 aliphatic rings. The van der Waals surface area contributed by atoms with Gasteiger partial charge in [0, 0.05) is 37.1 Å². The lowest BCUT2D eigenvalue weighted by Gasteiger charge is -2.20. The van der Waals surface area contributed by atoms with E-state index in [2.05, 4.69) is 35.5 Å². The Hall–Kier alpha value is -3.09. The molecule has 0 aromatic carbocycles. The second-order valence-electron chi connectivity index (χ2n) is 6.59. The van der Waals surface area contributed by atoms with Gasteiger partial charge in [0.1, 0.15) is 5.82 Å². The minimum absolute atomic E-state index is 0.0884. The first kappa shape index (κ1) is 20.6. The van der Waals surface area contributed by atoms with Crippen LogP contribution in [0.1, 0.15) is 12.6 Å². The summed E-state index contributed by atoms with van der Waals surface area (Å²) in [6.07, 6.45) is -7.57.